The number of ether oxygens (including phenoxy) is 1. The van der Waals surface area contributed by atoms with Gasteiger partial charge in [0.05, 0.1) is 17.7 Å². The van der Waals surface area contributed by atoms with Gasteiger partial charge in [-0.2, -0.15) is 0 Å². The van der Waals surface area contributed by atoms with Crippen LogP contribution in [0.1, 0.15) is 42.5 Å². The highest BCUT2D eigenvalue weighted by molar-refractivity contribution is 7.92. The number of anilines is 1. The van der Waals surface area contributed by atoms with Gasteiger partial charge in [0.15, 0.2) is 0 Å². The van der Waals surface area contributed by atoms with Crippen molar-refractivity contribution in [3.8, 4) is 5.75 Å². The molecule has 0 radical (unpaired) electrons. The monoisotopic (exact) mass is 641 g/mol. The highest BCUT2D eigenvalue weighted by atomic mass is 32.2. The zero-order chi connectivity index (χ0) is 33.3. The summed E-state index contributed by atoms with van der Waals surface area (Å²) in [5, 5.41) is 3.06. The van der Waals surface area contributed by atoms with E-state index in [0.717, 1.165) is 33.0 Å². The molecule has 2 atom stereocenters. The number of carbonyl (C=O) groups is 2. The van der Waals surface area contributed by atoms with Gasteiger partial charge < -0.3 is 15.0 Å². The number of benzene rings is 4. The molecule has 4 aromatic rings. The van der Waals surface area contributed by atoms with E-state index >= 15 is 0 Å². The molecule has 0 aliphatic carbocycles. The molecule has 9 heteroatoms. The second-order valence-corrected chi connectivity index (χ2v) is 13.4. The Hall–Kier alpha value is -4.63. The molecule has 0 bridgehead atoms. The Balaban J connectivity index is 1.81. The van der Waals surface area contributed by atoms with Gasteiger partial charge in [-0.3, -0.25) is 13.9 Å². The topological polar surface area (TPSA) is 96.0 Å². The highest BCUT2D eigenvalue weighted by Crippen LogP contribution is 2.27. The number of amides is 2. The van der Waals surface area contributed by atoms with Crippen LogP contribution < -0.4 is 14.4 Å². The fraction of sp³-hybridized carbons (Fsp3) is 0.297. The second-order valence-electron chi connectivity index (χ2n) is 11.6. The molecule has 0 saturated heterocycles. The number of aryl methyl sites for hydroxylation is 2. The summed E-state index contributed by atoms with van der Waals surface area (Å²) in [6.07, 6.45) is 0.976. The largest absolute Gasteiger partial charge is 0.497 e. The molecule has 0 saturated carbocycles. The van der Waals surface area contributed by atoms with Crippen molar-refractivity contribution in [3.63, 3.8) is 0 Å². The first-order valence-electron chi connectivity index (χ1n) is 15.4. The minimum atomic E-state index is -4.18. The number of hydrogen-bond acceptors (Lipinski definition) is 5. The van der Waals surface area contributed by atoms with Crippen molar-refractivity contribution in [1.82, 2.24) is 10.2 Å². The van der Waals surface area contributed by atoms with Crippen molar-refractivity contribution >= 4 is 27.5 Å². The van der Waals surface area contributed by atoms with Gasteiger partial charge >= 0.3 is 0 Å². The zero-order valence-electron chi connectivity index (χ0n) is 27.1. The Morgan fingerprint density at radius 3 is 2.09 bits per heavy atom. The Labute approximate surface area is 273 Å². The number of nitrogens with zero attached hydrogens (tertiary/aromatic N) is 2. The Bertz CT molecular complexity index is 1710. The Kier molecular flexibility index (Phi) is 11.6. The molecule has 0 aliphatic heterocycles. The molecule has 46 heavy (non-hydrogen) atoms. The molecule has 242 valence electrons. The van der Waals surface area contributed by atoms with E-state index in [9.17, 15) is 18.0 Å². The minimum Gasteiger partial charge on any atom is -0.497 e. The van der Waals surface area contributed by atoms with E-state index in [4.69, 9.17) is 4.74 Å². The van der Waals surface area contributed by atoms with Crippen LogP contribution in [0.3, 0.4) is 0 Å². The van der Waals surface area contributed by atoms with Crippen molar-refractivity contribution < 1.29 is 22.7 Å². The normalized spacial score (nSPS) is 12.5. The number of sulfonamides is 1. The summed E-state index contributed by atoms with van der Waals surface area (Å²) < 4.78 is 34.8. The molecule has 4 aromatic carbocycles. The van der Waals surface area contributed by atoms with Crippen molar-refractivity contribution in [1.29, 1.82) is 0 Å². The number of hydrogen-bond donors (Lipinski definition) is 1. The van der Waals surface area contributed by atoms with Gasteiger partial charge in [0, 0.05) is 19.0 Å². The first-order valence-corrected chi connectivity index (χ1v) is 16.9. The van der Waals surface area contributed by atoms with Crippen molar-refractivity contribution in [3.05, 3.63) is 125 Å². The predicted octanol–water partition coefficient (Wildman–Crippen LogP) is 6.06. The van der Waals surface area contributed by atoms with Gasteiger partial charge in [0.1, 0.15) is 18.3 Å². The van der Waals surface area contributed by atoms with Crippen LogP contribution in [0.15, 0.2) is 108 Å². The highest BCUT2D eigenvalue weighted by Gasteiger charge is 2.35. The molecule has 0 fully saturated rings. The van der Waals surface area contributed by atoms with Gasteiger partial charge in [-0.25, -0.2) is 8.42 Å². The number of carbonyl (C=O) groups excluding carboxylic acids is 2. The molecule has 8 nitrogen and oxygen atoms in total. The smallest absolute Gasteiger partial charge is 0.264 e. The van der Waals surface area contributed by atoms with Gasteiger partial charge in [0.2, 0.25) is 11.8 Å². The van der Waals surface area contributed by atoms with E-state index in [0.29, 0.717) is 11.4 Å². The molecule has 0 aliphatic rings. The summed E-state index contributed by atoms with van der Waals surface area (Å²) in [5.74, 6) is -0.252. The van der Waals surface area contributed by atoms with Gasteiger partial charge in [0.25, 0.3) is 10.0 Å². The van der Waals surface area contributed by atoms with E-state index in [1.807, 2.05) is 82.3 Å². The van der Waals surface area contributed by atoms with E-state index < -0.39 is 28.5 Å². The maximum atomic E-state index is 14.6. The SMILES string of the molecule is CC[C@H](C)NC(=O)[C@@H](Cc1ccccc1)N(Cc1cccc(C)c1)C(=O)CN(c1ccc(OC)cc1)S(=O)(=O)c1ccc(C)cc1. The van der Waals surface area contributed by atoms with Gasteiger partial charge in [-0.05, 0) is 74.7 Å². The first kappa shape index (κ1) is 34.2. The van der Waals surface area contributed by atoms with Crippen molar-refractivity contribution in [2.45, 2.75) is 64.1 Å². The Morgan fingerprint density at radius 1 is 0.826 bits per heavy atom. The Morgan fingerprint density at radius 2 is 1.48 bits per heavy atom. The average molecular weight is 642 g/mol. The predicted molar refractivity (Wildman–Crippen MR) is 182 cm³/mol. The van der Waals surface area contributed by atoms with Crippen LogP contribution in [0.4, 0.5) is 5.69 Å². The molecule has 2 amide bonds. The third kappa shape index (κ3) is 8.75. The second kappa shape index (κ2) is 15.6. The van der Waals surface area contributed by atoms with E-state index in [1.54, 1.807) is 36.4 Å². The van der Waals surface area contributed by atoms with E-state index in [2.05, 4.69) is 5.32 Å². The molecule has 4 rings (SSSR count). The maximum absolute atomic E-state index is 14.6. The molecule has 0 spiro atoms. The molecular weight excluding hydrogens is 598 g/mol. The van der Waals surface area contributed by atoms with Crippen molar-refractivity contribution in [2.24, 2.45) is 0 Å². The van der Waals surface area contributed by atoms with Crippen LogP contribution in [-0.2, 0) is 32.6 Å². The number of rotatable bonds is 14. The lowest BCUT2D eigenvalue weighted by Gasteiger charge is -2.34. The molecular formula is C37H43N3O5S. The van der Waals surface area contributed by atoms with Crippen LogP contribution in [-0.4, -0.2) is 50.9 Å². The minimum absolute atomic E-state index is 0.0577. The number of nitrogens with one attached hydrogen (secondary N) is 1. The van der Waals surface area contributed by atoms with E-state index in [1.165, 1.54) is 24.1 Å². The summed E-state index contributed by atoms with van der Waals surface area (Å²) in [5.41, 5.74) is 3.93. The maximum Gasteiger partial charge on any atom is 0.264 e. The lowest BCUT2D eigenvalue weighted by atomic mass is 10.0. The summed E-state index contributed by atoms with van der Waals surface area (Å²) in [6.45, 7) is 7.34. The zero-order valence-corrected chi connectivity index (χ0v) is 28.0. The van der Waals surface area contributed by atoms with Crippen molar-refractivity contribution in [2.75, 3.05) is 18.0 Å². The molecule has 0 unspecified atom stereocenters. The van der Waals surface area contributed by atoms with Crippen LogP contribution in [0.5, 0.6) is 5.75 Å². The van der Waals surface area contributed by atoms with Crippen LogP contribution in [0.25, 0.3) is 0 Å². The lowest BCUT2D eigenvalue weighted by Crippen LogP contribution is -2.54. The molecule has 0 aromatic heterocycles. The van der Waals surface area contributed by atoms with Crippen LogP contribution in [0, 0.1) is 13.8 Å². The van der Waals surface area contributed by atoms with Gasteiger partial charge in [-0.15, -0.1) is 0 Å². The molecule has 0 heterocycles. The van der Waals surface area contributed by atoms with Gasteiger partial charge in [-0.1, -0.05) is 84.8 Å². The van der Waals surface area contributed by atoms with Crippen LogP contribution >= 0.6 is 0 Å². The quantitative estimate of drug-likeness (QED) is 0.181. The standard InChI is InChI=1S/C37H43N3O5S/c1-6-29(4)38-37(42)35(24-30-12-8-7-9-13-30)39(25-31-14-10-11-28(3)23-31)36(41)26-40(32-17-19-33(45-5)20-18-32)46(43,44)34-21-15-27(2)16-22-34/h7-23,29,35H,6,24-26H2,1-5H3,(H,38,42)/t29-,35+/m0/s1. The first-order chi connectivity index (χ1) is 22.0. The fourth-order valence-electron chi connectivity index (χ4n) is 5.12. The fourth-order valence-corrected chi connectivity index (χ4v) is 6.53. The summed E-state index contributed by atoms with van der Waals surface area (Å²) >= 11 is 0. The van der Waals surface area contributed by atoms with Crippen LogP contribution in [0.2, 0.25) is 0 Å². The number of methoxy groups -OCH3 is 1. The van der Waals surface area contributed by atoms with E-state index in [-0.39, 0.29) is 29.8 Å². The summed E-state index contributed by atoms with van der Waals surface area (Å²) in [4.78, 5) is 30.1. The third-order valence-electron chi connectivity index (χ3n) is 7.96. The average Bonchev–Trinajstić information content (AvgIpc) is 3.05. The summed E-state index contributed by atoms with van der Waals surface area (Å²) in [7, 11) is -2.65. The molecule has 1 N–H and O–H groups in total. The lowest BCUT2D eigenvalue weighted by molar-refractivity contribution is -0.140. The summed E-state index contributed by atoms with van der Waals surface area (Å²) in [6, 6.07) is 29.3. The third-order valence-corrected chi connectivity index (χ3v) is 9.74.